The molecule has 0 spiro atoms. The van der Waals surface area contributed by atoms with Crippen molar-refractivity contribution < 1.29 is 9.53 Å². The lowest BCUT2D eigenvalue weighted by Gasteiger charge is -2.45. The first kappa shape index (κ1) is 15.9. The van der Waals surface area contributed by atoms with Crippen molar-refractivity contribution in [3.8, 4) is 11.4 Å². The average Bonchev–Trinajstić information content (AvgIpc) is 2.62. The number of carbonyl (C=O) groups excluding carboxylic acids is 1. The summed E-state index contributed by atoms with van der Waals surface area (Å²) in [7, 11) is 0. The molecule has 1 unspecified atom stereocenters. The van der Waals surface area contributed by atoms with Crippen LogP contribution in [0.15, 0.2) is 30.6 Å². The first-order chi connectivity index (χ1) is 12.2. The van der Waals surface area contributed by atoms with E-state index in [0.29, 0.717) is 23.3 Å². The first-order valence-electron chi connectivity index (χ1n) is 8.36. The Morgan fingerprint density at radius 2 is 2.20 bits per heavy atom. The summed E-state index contributed by atoms with van der Waals surface area (Å²) in [4.78, 5) is 26.9. The lowest BCUT2D eigenvalue weighted by molar-refractivity contribution is 0.0507. The number of carbonyl (C=O) groups is 1. The summed E-state index contributed by atoms with van der Waals surface area (Å²) in [5.41, 5.74) is 6.59. The normalized spacial score (nSPS) is 21.0. The number of nitrogens with two attached hydrogens (primary N) is 1. The third-order valence-electron chi connectivity index (χ3n) is 4.65. The Bertz CT molecular complexity index is 757. The van der Waals surface area contributed by atoms with Gasteiger partial charge in [-0.25, -0.2) is 9.97 Å². The summed E-state index contributed by atoms with van der Waals surface area (Å²) in [5.74, 6) is 0.652. The molecule has 2 aliphatic heterocycles. The Hall–Kier alpha value is -2.58. The van der Waals surface area contributed by atoms with Gasteiger partial charge in [0, 0.05) is 37.8 Å². The number of nitrogens with one attached hydrogen (secondary N) is 1. The maximum absolute atomic E-state index is 11.7. The van der Waals surface area contributed by atoms with Crippen molar-refractivity contribution in [2.45, 2.75) is 6.04 Å². The van der Waals surface area contributed by atoms with Gasteiger partial charge in [0.25, 0.3) is 5.91 Å². The summed E-state index contributed by atoms with van der Waals surface area (Å²) in [6, 6.07) is 5.83. The number of hydrogen-bond donors (Lipinski definition) is 2. The molecule has 2 saturated heterocycles. The van der Waals surface area contributed by atoms with E-state index in [4.69, 9.17) is 10.5 Å². The minimum atomic E-state index is -0.607. The molecular formula is C17H20N6O2. The molecule has 3 N–H and O–H groups in total. The first-order valence-corrected chi connectivity index (χ1v) is 8.36. The molecule has 1 atom stereocenters. The van der Waals surface area contributed by atoms with Gasteiger partial charge in [-0.15, -0.1) is 0 Å². The predicted octanol–water partition coefficient (Wildman–Crippen LogP) is 0.0621. The van der Waals surface area contributed by atoms with Crippen LogP contribution in [0.1, 0.15) is 10.5 Å². The third-order valence-corrected chi connectivity index (χ3v) is 4.65. The maximum Gasteiger partial charge on any atom is 0.269 e. The Labute approximate surface area is 145 Å². The second kappa shape index (κ2) is 6.73. The SMILES string of the molecule is NC(=O)c1ncc(N2CC(C3COCCN3)C2)nc1-c1ccccn1. The van der Waals surface area contributed by atoms with Crippen molar-refractivity contribution in [3.05, 3.63) is 36.3 Å². The van der Waals surface area contributed by atoms with Crippen LogP contribution in [0.2, 0.25) is 0 Å². The standard InChI is InChI=1S/C17H20N6O2/c18-17(24)16-15(12-3-1-2-4-19-12)22-14(7-21-16)23-8-11(9-23)13-10-25-6-5-20-13/h1-4,7,11,13,20H,5-6,8-10H2,(H2,18,24). The van der Waals surface area contributed by atoms with Gasteiger partial charge >= 0.3 is 0 Å². The van der Waals surface area contributed by atoms with E-state index in [1.54, 1.807) is 18.5 Å². The molecule has 0 aliphatic carbocycles. The second-order valence-electron chi connectivity index (χ2n) is 6.31. The number of nitrogens with zero attached hydrogens (tertiary/aromatic N) is 4. The molecule has 4 rings (SSSR count). The molecule has 25 heavy (non-hydrogen) atoms. The highest BCUT2D eigenvalue weighted by Gasteiger charge is 2.35. The lowest BCUT2D eigenvalue weighted by atomic mass is 9.91. The fraction of sp³-hybridized carbons (Fsp3) is 0.412. The molecule has 2 fully saturated rings. The summed E-state index contributed by atoms with van der Waals surface area (Å²) in [5, 5.41) is 3.50. The topological polar surface area (TPSA) is 106 Å². The summed E-state index contributed by atoms with van der Waals surface area (Å²) in [6.45, 7) is 4.20. The van der Waals surface area contributed by atoms with E-state index in [1.807, 2.05) is 12.1 Å². The zero-order valence-corrected chi connectivity index (χ0v) is 13.8. The molecule has 0 aromatic carbocycles. The van der Waals surface area contributed by atoms with E-state index in [9.17, 15) is 4.79 Å². The molecule has 2 aromatic heterocycles. The highest BCUT2D eigenvalue weighted by atomic mass is 16.5. The molecule has 2 aliphatic rings. The van der Waals surface area contributed by atoms with Gasteiger partial charge in [0.15, 0.2) is 5.69 Å². The second-order valence-corrected chi connectivity index (χ2v) is 6.31. The van der Waals surface area contributed by atoms with Crippen LogP contribution in [0.5, 0.6) is 0 Å². The molecule has 0 saturated carbocycles. The molecule has 4 heterocycles. The number of rotatable bonds is 4. The van der Waals surface area contributed by atoms with Crippen LogP contribution in [-0.4, -0.2) is 59.7 Å². The van der Waals surface area contributed by atoms with E-state index in [-0.39, 0.29) is 5.69 Å². The van der Waals surface area contributed by atoms with E-state index >= 15 is 0 Å². The van der Waals surface area contributed by atoms with Crippen molar-refractivity contribution in [2.24, 2.45) is 11.7 Å². The summed E-state index contributed by atoms with van der Waals surface area (Å²) in [6.07, 6.45) is 3.26. The van der Waals surface area contributed by atoms with E-state index < -0.39 is 5.91 Å². The zero-order valence-electron chi connectivity index (χ0n) is 13.8. The van der Waals surface area contributed by atoms with Crippen LogP contribution in [0, 0.1) is 5.92 Å². The molecular weight excluding hydrogens is 320 g/mol. The summed E-state index contributed by atoms with van der Waals surface area (Å²) < 4.78 is 5.53. The van der Waals surface area contributed by atoms with Crippen LogP contribution < -0.4 is 16.0 Å². The monoisotopic (exact) mass is 340 g/mol. The van der Waals surface area contributed by atoms with Crippen molar-refractivity contribution in [2.75, 3.05) is 37.7 Å². The van der Waals surface area contributed by atoms with Crippen LogP contribution in [0.3, 0.4) is 0 Å². The molecule has 8 heteroatoms. The quantitative estimate of drug-likeness (QED) is 0.811. The van der Waals surface area contributed by atoms with Crippen molar-refractivity contribution in [3.63, 3.8) is 0 Å². The van der Waals surface area contributed by atoms with E-state index in [2.05, 4.69) is 25.2 Å². The Morgan fingerprint density at radius 3 is 2.88 bits per heavy atom. The fourth-order valence-electron chi connectivity index (χ4n) is 3.24. The number of anilines is 1. The van der Waals surface area contributed by atoms with Gasteiger partial charge in [0.2, 0.25) is 0 Å². The van der Waals surface area contributed by atoms with E-state index in [1.165, 1.54) is 0 Å². The van der Waals surface area contributed by atoms with Gasteiger partial charge in [0.05, 0.1) is 25.1 Å². The molecule has 8 nitrogen and oxygen atoms in total. The van der Waals surface area contributed by atoms with Crippen LogP contribution >= 0.6 is 0 Å². The van der Waals surface area contributed by atoms with Crippen molar-refractivity contribution >= 4 is 11.7 Å². The smallest absolute Gasteiger partial charge is 0.269 e. The third kappa shape index (κ3) is 3.18. The van der Waals surface area contributed by atoms with Gasteiger partial charge in [-0.1, -0.05) is 6.07 Å². The number of pyridine rings is 1. The molecule has 0 bridgehead atoms. The van der Waals surface area contributed by atoms with Crippen LogP contribution in [-0.2, 0) is 4.74 Å². The number of hydrogen-bond acceptors (Lipinski definition) is 7. The maximum atomic E-state index is 11.7. The van der Waals surface area contributed by atoms with Gasteiger partial charge in [-0.3, -0.25) is 9.78 Å². The number of amides is 1. The minimum absolute atomic E-state index is 0.141. The number of morpholine rings is 1. The van der Waals surface area contributed by atoms with Crippen molar-refractivity contribution in [1.29, 1.82) is 0 Å². The van der Waals surface area contributed by atoms with Gasteiger partial charge < -0.3 is 20.7 Å². The fourth-order valence-corrected chi connectivity index (χ4v) is 3.24. The Balaban J connectivity index is 1.54. The minimum Gasteiger partial charge on any atom is -0.379 e. The highest BCUT2D eigenvalue weighted by Crippen LogP contribution is 2.28. The highest BCUT2D eigenvalue weighted by molar-refractivity contribution is 5.96. The van der Waals surface area contributed by atoms with Crippen LogP contribution in [0.25, 0.3) is 11.4 Å². The Morgan fingerprint density at radius 1 is 1.32 bits per heavy atom. The molecule has 0 radical (unpaired) electrons. The summed E-state index contributed by atoms with van der Waals surface area (Å²) >= 11 is 0. The molecule has 1 amide bonds. The van der Waals surface area contributed by atoms with Crippen LogP contribution in [0.4, 0.5) is 5.82 Å². The predicted molar refractivity (Wildman–Crippen MR) is 92.1 cm³/mol. The number of primary amides is 1. The largest absolute Gasteiger partial charge is 0.379 e. The van der Waals surface area contributed by atoms with Gasteiger partial charge in [-0.05, 0) is 12.1 Å². The average molecular weight is 340 g/mol. The lowest BCUT2D eigenvalue weighted by Crippen LogP contribution is -2.59. The number of ether oxygens (including phenoxy) is 1. The van der Waals surface area contributed by atoms with E-state index in [0.717, 1.165) is 38.7 Å². The zero-order chi connectivity index (χ0) is 17.2. The molecule has 130 valence electrons. The van der Waals surface area contributed by atoms with Gasteiger partial charge in [0.1, 0.15) is 11.5 Å². The Kier molecular flexibility index (Phi) is 4.29. The van der Waals surface area contributed by atoms with Crippen molar-refractivity contribution in [1.82, 2.24) is 20.3 Å². The number of aromatic nitrogens is 3. The van der Waals surface area contributed by atoms with Gasteiger partial charge in [-0.2, -0.15) is 0 Å². The molecule has 2 aromatic rings.